The van der Waals surface area contributed by atoms with Gasteiger partial charge in [0.05, 0.1) is 5.52 Å². The van der Waals surface area contributed by atoms with E-state index in [1.807, 2.05) is 6.20 Å². The standard InChI is InChI=1S/C49H37NSi2/c1-7-22-38(23-8-1)51(39-24-9-2-10-25-39,40-26-11-3-12-27-40)48-44-34-19-20-35-45(44)49(47-46(48)36-21-37-50-47)52(41-28-13-4-14-29-41,42-30-15-5-16-31-42)43-32-17-6-18-33-43/h1-37H. The van der Waals surface area contributed by atoms with Gasteiger partial charge in [-0.3, -0.25) is 4.98 Å². The maximum Gasteiger partial charge on any atom is 0.182 e. The van der Waals surface area contributed by atoms with Gasteiger partial charge in [0.1, 0.15) is 0 Å². The van der Waals surface area contributed by atoms with Gasteiger partial charge in [-0.05, 0) is 58.3 Å². The zero-order valence-electron chi connectivity index (χ0n) is 28.8. The molecular weight excluding hydrogens is 659 g/mol. The Morgan fingerprint density at radius 3 is 0.865 bits per heavy atom. The molecule has 0 spiro atoms. The van der Waals surface area contributed by atoms with Crippen LogP contribution in [0.1, 0.15) is 0 Å². The average Bonchev–Trinajstić information content (AvgIpc) is 3.24. The second-order valence-corrected chi connectivity index (χ2v) is 20.9. The van der Waals surface area contributed by atoms with Crippen LogP contribution in [0.5, 0.6) is 0 Å². The zero-order valence-corrected chi connectivity index (χ0v) is 30.8. The second-order valence-electron chi connectivity index (χ2n) is 13.4. The van der Waals surface area contributed by atoms with Gasteiger partial charge in [0.15, 0.2) is 16.1 Å². The van der Waals surface area contributed by atoms with Crippen LogP contribution in [0.25, 0.3) is 21.7 Å². The molecule has 1 nitrogen and oxygen atoms in total. The number of fused-ring (bicyclic) bond motifs is 2. The Kier molecular flexibility index (Phi) is 8.28. The zero-order chi connectivity index (χ0) is 34.8. The van der Waals surface area contributed by atoms with Crippen LogP contribution in [-0.4, -0.2) is 21.1 Å². The highest BCUT2D eigenvalue weighted by Gasteiger charge is 2.48. The van der Waals surface area contributed by atoms with E-state index in [-0.39, 0.29) is 0 Å². The highest BCUT2D eigenvalue weighted by molar-refractivity contribution is 7.23. The minimum atomic E-state index is -3.00. The van der Waals surface area contributed by atoms with Gasteiger partial charge in [0.25, 0.3) is 0 Å². The first-order chi connectivity index (χ1) is 25.8. The summed E-state index contributed by atoms with van der Waals surface area (Å²) < 4.78 is 0. The molecule has 0 radical (unpaired) electrons. The predicted octanol–water partition coefficient (Wildman–Crippen LogP) is 6.14. The smallest absolute Gasteiger partial charge is 0.182 e. The molecule has 1 aromatic heterocycles. The number of aromatic nitrogens is 1. The number of hydrogen-bond acceptors (Lipinski definition) is 1. The Hall–Kier alpha value is -6.14. The molecule has 1 heterocycles. The van der Waals surface area contributed by atoms with E-state index in [1.165, 1.54) is 57.7 Å². The Morgan fingerprint density at radius 1 is 0.250 bits per heavy atom. The summed E-state index contributed by atoms with van der Waals surface area (Å²) in [7, 11) is -5.97. The first kappa shape index (κ1) is 31.8. The topological polar surface area (TPSA) is 12.9 Å². The van der Waals surface area contributed by atoms with E-state index in [1.54, 1.807) is 0 Å². The van der Waals surface area contributed by atoms with Gasteiger partial charge in [0.2, 0.25) is 0 Å². The van der Waals surface area contributed by atoms with Gasteiger partial charge in [-0.25, -0.2) is 0 Å². The number of nitrogens with zero attached hydrogens (tertiary/aromatic N) is 1. The van der Waals surface area contributed by atoms with Crippen molar-refractivity contribution < 1.29 is 0 Å². The van der Waals surface area contributed by atoms with Crippen molar-refractivity contribution in [2.45, 2.75) is 0 Å². The predicted molar refractivity (Wildman–Crippen MR) is 226 cm³/mol. The van der Waals surface area contributed by atoms with E-state index < -0.39 is 16.1 Å². The third kappa shape index (κ3) is 4.93. The van der Waals surface area contributed by atoms with Gasteiger partial charge in [-0.1, -0.05) is 212 Å². The minimum Gasteiger partial charge on any atom is -0.256 e. The van der Waals surface area contributed by atoms with Crippen LogP contribution in [0.3, 0.4) is 0 Å². The molecule has 0 atom stereocenters. The fraction of sp³-hybridized carbons (Fsp3) is 0. The Balaban J connectivity index is 1.56. The fourth-order valence-electron chi connectivity index (χ4n) is 8.78. The van der Waals surface area contributed by atoms with E-state index in [4.69, 9.17) is 4.98 Å². The Labute approximate surface area is 307 Å². The normalized spacial score (nSPS) is 11.8. The Morgan fingerprint density at radius 2 is 0.519 bits per heavy atom. The number of pyridine rings is 1. The van der Waals surface area contributed by atoms with Crippen molar-refractivity contribution in [3.8, 4) is 0 Å². The van der Waals surface area contributed by atoms with Gasteiger partial charge < -0.3 is 0 Å². The van der Waals surface area contributed by atoms with Crippen molar-refractivity contribution in [3.05, 3.63) is 225 Å². The lowest BCUT2D eigenvalue weighted by Gasteiger charge is -2.39. The molecule has 52 heavy (non-hydrogen) atoms. The first-order valence-corrected chi connectivity index (χ1v) is 22.0. The molecule has 0 aliphatic carbocycles. The molecule has 0 saturated carbocycles. The molecule has 0 unspecified atom stereocenters. The lowest BCUT2D eigenvalue weighted by Crippen LogP contribution is -2.77. The van der Waals surface area contributed by atoms with Crippen LogP contribution >= 0.6 is 0 Å². The number of benzene rings is 8. The summed E-state index contributed by atoms with van der Waals surface area (Å²) in [6, 6.07) is 81.2. The van der Waals surface area contributed by atoms with Gasteiger partial charge >= 0.3 is 0 Å². The van der Waals surface area contributed by atoms with E-state index >= 15 is 0 Å². The van der Waals surface area contributed by atoms with Crippen LogP contribution in [0.4, 0.5) is 0 Å². The van der Waals surface area contributed by atoms with E-state index in [0.717, 1.165) is 5.52 Å². The van der Waals surface area contributed by atoms with E-state index in [9.17, 15) is 0 Å². The highest BCUT2D eigenvalue weighted by atomic mass is 28.3. The molecule has 0 N–H and O–H groups in total. The lowest BCUT2D eigenvalue weighted by atomic mass is 10.1. The van der Waals surface area contributed by atoms with Crippen LogP contribution in [-0.2, 0) is 0 Å². The monoisotopic (exact) mass is 695 g/mol. The third-order valence-electron chi connectivity index (χ3n) is 10.8. The van der Waals surface area contributed by atoms with Crippen molar-refractivity contribution in [3.63, 3.8) is 0 Å². The molecule has 8 aromatic carbocycles. The average molecular weight is 696 g/mol. The van der Waals surface area contributed by atoms with Crippen LogP contribution in [0.2, 0.25) is 0 Å². The van der Waals surface area contributed by atoms with Crippen molar-refractivity contribution in [2.75, 3.05) is 0 Å². The highest BCUT2D eigenvalue weighted by Crippen LogP contribution is 2.26. The van der Waals surface area contributed by atoms with Crippen LogP contribution in [0, 0.1) is 0 Å². The number of rotatable bonds is 8. The molecule has 246 valence electrons. The molecule has 0 saturated heterocycles. The molecule has 9 rings (SSSR count). The maximum atomic E-state index is 5.49. The summed E-state index contributed by atoms with van der Waals surface area (Å²) in [5.74, 6) is 0. The summed E-state index contributed by atoms with van der Waals surface area (Å²) in [5, 5.41) is 14.6. The van der Waals surface area contributed by atoms with Crippen molar-refractivity contribution >= 4 is 79.3 Å². The van der Waals surface area contributed by atoms with Gasteiger partial charge in [-0.2, -0.15) is 0 Å². The molecule has 0 aliphatic heterocycles. The summed E-state index contributed by atoms with van der Waals surface area (Å²) in [6.07, 6.45) is 2.00. The number of hydrogen-bond donors (Lipinski definition) is 0. The molecule has 9 aromatic rings. The van der Waals surface area contributed by atoms with Crippen molar-refractivity contribution in [1.82, 2.24) is 4.98 Å². The summed E-state index contributed by atoms with van der Waals surface area (Å²) in [4.78, 5) is 5.49. The SMILES string of the molecule is c1ccc([Si](c2ccccc2)(c2ccccc2)c2c3ccccc3c([Si](c3ccccc3)(c3ccccc3)c3ccccc3)c3ncccc23)cc1. The lowest BCUT2D eigenvalue weighted by molar-refractivity contribution is 1.43. The summed E-state index contributed by atoms with van der Waals surface area (Å²) in [5.41, 5.74) is 1.08. The van der Waals surface area contributed by atoms with E-state index in [2.05, 4.69) is 218 Å². The molecule has 0 aliphatic rings. The molecule has 3 heteroatoms. The van der Waals surface area contributed by atoms with Gasteiger partial charge in [0, 0.05) is 11.6 Å². The first-order valence-electron chi connectivity index (χ1n) is 18.0. The molecule has 0 amide bonds. The maximum absolute atomic E-state index is 5.49. The minimum absolute atomic E-state index is 1.08. The van der Waals surface area contributed by atoms with Crippen molar-refractivity contribution in [1.29, 1.82) is 0 Å². The second kappa shape index (κ2) is 13.5. The largest absolute Gasteiger partial charge is 0.256 e. The fourth-order valence-corrected chi connectivity index (χ4v) is 19.1. The molecule has 0 fully saturated rings. The summed E-state index contributed by atoms with van der Waals surface area (Å²) >= 11 is 0. The van der Waals surface area contributed by atoms with E-state index in [0.29, 0.717) is 0 Å². The quantitative estimate of drug-likeness (QED) is 0.106. The summed E-state index contributed by atoms with van der Waals surface area (Å²) in [6.45, 7) is 0. The van der Waals surface area contributed by atoms with Crippen LogP contribution in [0.15, 0.2) is 225 Å². The Bertz CT molecular complexity index is 2160. The van der Waals surface area contributed by atoms with Gasteiger partial charge in [-0.15, -0.1) is 0 Å². The molecular formula is C49H37NSi2. The molecule has 0 bridgehead atoms. The third-order valence-corrected chi connectivity index (χ3v) is 20.5. The van der Waals surface area contributed by atoms with Crippen LogP contribution < -0.4 is 41.5 Å². The van der Waals surface area contributed by atoms with Crippen molar-refractivity contribution in [2.24, 2.45) is 0 Å².